The van der Waals surface area contributed by atoms with Gasteiger partial charge in [-0.15, -0.1) is 0 Å². The summed E-state index contributed by atoms with van der Waals surface area (Å²) in [6.07, 6.45) is 0. The topological polar surface area (TPSA) is 32.3 Å². The van der Waals surface area contributed by atoms with Crippen molar-refractivity contribution in [2.24, 2.45) is 0 Å². The van der Waals surface area contributed by atoms with Gasteiger partial charge in [-0.3, -0.25) is 4.79 Å². The molecule has 1 unspecified atom stereocenters. The molecule has 0 saturated carbocycles. The van der Waals surface area contributed by atoms with Crippen molar-refractivity contribution in [2.45, 2.75) is 13.0 Å². The number of amides is 1. The van der Waals surface area contributed by atoms with Gasteiger partial charge >= 0.3 is 0 Å². The first kappa shape index (κ1) is 13.5. The highest BCUT2D eigenvalue weighted by Gasteiger charge is 2.15. The van der Waals surface area contributed by atoms with E-state index in [1.807, 2.05) is 25.1 Å². The Morgan fingerprint density at radius 1 is 1.38 bits per heavy atom. The van der Waals surface area contributed by atoms with Crippen LogP contribution in [0.25, 0.3) is 0 Å². The van der Waals surface area contributed by atoms with Crippen molar-refractivity contribution in [3.05, 3.63) is 27.1 Å². The first-order valence-electron chi connectivity index (χ1n) is 4.84. The summed E-state index contributed by atoms with van der Waals surface area (Å²) in [6, 6.07) is 5.55. The van der Waals surface area contributed by atoms with Crippen LogP contribution in [0.5, 0.6) is 0 Å². The van der Waals surface area contributed by atoms with Gasteiger partial charge in [0, 0.05) is 23.0 Å². The maximum Gasteiger partial charge on any atom is 0.244 e. The van der Waals surface area contributed by atoms with E-state index in [2.05, 4.69) is 37.2 Å². The zero-order chi connectivity index (χ0) is 12.3. The molecule has 5 heteroatoms. The molecule has 1 N–H and O–H groups in total. The van der Waals surface area contributed by atoms with E-state index in [0.717, 1.165) is 14.6 Å². The third-order valence-electron chi connectivity index (χ3n) is 2.11. The van der Waals surface area contributed by atoms with Gasteiger partial charge in [0.25, 0.3) is 0 Å². The summed E-state index contributed by atoms with van der Waals surface area (Å²) in [5, 5.41) is 3.16. The van der Waals surface area contributed by atoms with Crippen LogP contribution >= 0.6 is 31.9 Å². The average Bonchev–Trinajstić information content (AvgIpc) is 2.22. The van der Waals surface area contributed by atoms with E-state index < -0.39 is 0 Å². The maximum absolute atomic E-state index is 11.7. The molecule has 0 saturated heterocycles. The van der Waals surface area contributed by atoms with Crippen LogP contribution in [-0.4, -0.2) is 30.9 Å². The lowest BCUT2D eigenvalue weighted by molar-refractivity contribution is -0.129. The minimum Gasteiger partial charge on any atom is -0.373 e. The summed E-state index contributed by atoms with van der Waals surface area (Å²) in [7, 11) is 3.49. The molecule has 0 spiro atoms. The minimum absolute atomic E-state index is 0.0480. The largest absolute Gasteiger partial charge is 0.373 e. The van der Waals surface area contributed by atoms with Gasteiger partial charge in [-0.05, 0) is 41.1 Å². The molecule has 0 fully saturated rings. The molecular weight excluding hydrogens is 336 g/mol. The van der Waals surface area contributed by atoms with E-state index in [9.17, 15) is 4.79 Å². The number of carbonyl (C=O) groups excluding carboxylic acids is 1. The predicted molar refractivity (Wildman–Crippen MR) is 73.6 cm³/mol. The quantitative estimate of drug-likeness (QED) is 0.909. The van der Waals surface area contributed by atoms with Crippen LogP contribution in [0.4, 0.5) is 5.69 Å². The third kappa shape index (κ3) is 3.49. The number of anilines is 1. The maximum atomic E-state index is 11.7. The first-order valence-corrected chi connectivity index (χ1v) is 6.43. The van der Waals surface area contributed by atoms with Gasteiger partial charge in [-0.25, -0.2) is 0 Å². The van der Waals surface area contributed by atoms with E-state index >= 15 is 0 Å². The summed E-state index contributed by atoms with van der Waals surface area (Å²) < 4.78 is 1.91. The standard InChI is InChI=1S/C11H14Br2N2O/c1-7(11(16)15(2)3)14-10-6-8(12)4-5-9(10)13/h4-7,14H,1-3H3. The Hall–Kier alpha value is -0.550. The Kier molecular flexibility index (Phi) is 4.80. The van der Waals surface area contributed by atoms with E-state index in [1.165, 1.54) is 0 Å². The van der Waals surface area contributed by atoms with Crippen molar-refractivity contribution >= 4 is 43.5 Å². The molecule has 0 aliphatic carbocycles. The number of hydrogen-bond acceptors (Lipinski definition) is 2. The molecule has 1 atom stereocenters. The van der Waals surface area contributed by atoms with Crippen molar-refractivity contribution in [2.75, 3.05) is 19.4 Å². The number of rotatable bonds is 3. The first-order chi connectivity index (χ1) is 7.41. The van der Waals surface area contributed by atoms with Crippen LogP contribution in [0.1, 0.15) is 6.92 Å². The molecule has 3 nitrogen and oxygen atoms in total. The van der Waals surface area contributed by atoms with Crippen molar-refractivity contribution < 1.29 is 4.79 Å². The molecule has 0 heterocycles. The highest BCUT2D eigenvalue weighted by Crippen LogP contribution is 2.26. The van der Waals surface area contributed by atoms with Crippen LogP contribution in [0.2, 0.25) is 0 Å². The molecule has 0 aliphatic heterocycles. The molecule has 0 aromatic heterocycles. The second-order valence-corrected chi connectivity index (χ2v) is 5.49. The normalized spacial score (nSPS) is 12.1. The number of likely N-dealkylation sites (N-methyl/N-ethyl adjacent to an activating group) is 1. The summed E-state index contributed by atoms with van der Waals surface area (Å²) >= 11 is 6.83. The fourth-order valence-electron chi connectivity index (χ4n) is 1.29. The molecule has 1 aromatic rings. The molecule has 1 rings (SSSR count). The van der Waals surface area contributed by atoms with E-state index in [-0.39, 0.29) is 11.9 Å². The Morgan fingerprint density at radius 3 is 2.56 bits per heavy atom. The lowest BCUT2D eigenvalue weighted by atomic mass is 10.2. The van der Waals surface area contributed by atoms with E-state index in [0.29, 0.717) is 0 Å². The Labute approximate surface area is 112 Å². The van der Waals surface area contributed by atoms with Gasteiger partial charge in [0.2, 0.25) is 5.91 Å². The van der Waals surface area contributed by atoms with Crippen molar-refractivity contribution in [1.82, 2.24) is 4.90 Å². The predicted octanol–water partition coefficient (Wildman–Crippen LogP) is 3.10. The summed E-state index contributed by atoms with van der Waals surface area (Å²) in [5.41, 5.74) is 0.900. The van der Waals surface area contributed by atoms with Crippen molar-refractivity contribution in [1.29, 1.82) is 0 Å². The Bertz CT molecular complexity index is 394. The van der Waals surface area contributed by atoms with E-state index in [1.54, 1.807) is 19.0 Å². The van der Waals surface area contributed by atoms with Crippen LogP contribution in [-0.2, 0) is 4.79 Å². The molecule has 0 aliphatic rings. The Balaban J connectivity index is 2.80. The minimum atomic E-state index is -0.249. The van der Waals surface area contributed by atoms with Crippen molar-refractivity contribution in [3.8, 4) is 0 Å². The zero-order valence-corrected chi connectivity index (χ0v) is 12.6. The molecule has 88 valence electrons. The molecule has 1 aromatic carbocycles. The van der Waals surface area contributed by atoms with Crippen molar-refractivity contribution in [3.63, 3.8) is 0 Å². The number of nitrogens with zero attached hydrogens (tertiary/aromatic N) is 1. The fraction of sp³-hybridized carbons (Fsp3) is 0.364. The molecule has 1 amide bonds. The van der Waals surface area contributed by atoms with Gasteiger partial charge in [-0.2, -0.15) is 0 Å². The summed E-state index contributed by atoms with van der Waals surface area (Å²) in [4.78, 5) is 13.3. The zero-order valence-electron chi connectivity index (χ0n) is 9.42. The van der Waals surface area contributed by atoms with E-state index in [4.69, 9.17) is 0 Å². The average molecular weight is 350 g/mol. The summed E-state index contributed by atoms with van der Waals surface area (Å²) in [5.74, 6) is 0.0480. The van der Waals surface area contributed by atoms with Gasteiger partial charge in [-0.1, -0.05) is 15.9 Å². The fourth-order valence-corrected chi connectivity index (χ4v) is 2.01. The number of halogens is 2. The van der Waals surface area contributed by atoms with Crippen LogP contribution in [0, 0.1) is 0 Å². The number of nitrogens with one attached hydrogen (secondary N) is 1. The molecule has 16 heavy (non-hydrogen) atoms. The lowest BCUT2D eigenvalue weighted by Crippen LogP contribution is -2.36. The van der Waals surface area contributed by atoms with Gasteiger partial charge < -0.3 is 10.2 Å². The number of hydrogen-bond donors (Lipinski definition) is 1. The SMILES string of the molecule is CC(Nc1cc(Br)ccc1Br)C(=O)N(C)C. The smallest absolute Gasteiger partial charge is 0.244 e. The third-order valence-corrected chi connectivity index (χ3v) is 3.30. The monoisotopic (exact) mass is 348 g/mol. The highest BCUT2D eigenvalue weighted by molar-refractivity contribution is 9.11. The lowest BCUT2D eigenvalue weighted by Gasteiger charge is -2.19. The molecule has 0 radical (unpaired) electrons. The van der Waals surface area contributed by atoms with Gasteiger partial charge in [0.15, 0.2) is 0 Å². The van der Waals surface area contributed by atoms with Crippen LogP contribution in [0.15, 0.2) is 27.1 Å². The Morgan fingerprint density at radius 2 is 2.00 bits per heavy atom. The second kappa shape index (κ2) is 5.68. The van der Waals surface area contributed by atoms with Gasteiger partial charge in [0.05, 0.1) is 5.69 Å². The molecule has 0 bridgehead atoms. The summed E-state index contributed by atoms with van der Waals surface area (Å²) in [6.45, 7) is 1.84. The van der Waals surface area contributed by atoms with Crippen LogP contribution in [0.3, 0.4) is 0 Å². The second-order valence-electron chi connectivity index (χ2n) is 3.72. The highest BCUT2D eigenvalue weighted by atomic mass is 79.9. The van der Waals surface area contributed by atoms with Gasteiger partial charge in [0.1, 0.15) is 6.04 Å². The van der Waals surface area contributed by atoms with Crippen LogP contribution < -0.4 is 5.32 Å². The molecular formula is C11H14Br2N2O. The number of carbonyl (C=O) groups is 1. The number of benzene rings is 1.